The lowest BCUT2D eigenvalue weighted by atomic mass is 10.1. The number of hydrogen-bond donors (Lipinski definition) is 2. The van der Waals surface area contributed by atoms with E-state index < -0.39 is 0 Å². The summed E-state index contributed by atoms with van der Waals surface area (Å²) in [7, 11) is 0. The minimum absolute atomic E-state index is 0.222. The van der Waals surface area contributed by atoms with Gasteiger partial charge < -0.3 is 10.6 Å². The standard InChI is InChI=1S/C12H28N2/c1-7-11(14-12(4,5)6)9-13-8-10(2)3/h10-11,13-14H,7-9H2,1-6H3. The molecule has 2 N–H and O–H groups in total. The first-order chi connectivity index (χ1) is 6.35. The van der Waals surface area contributed by atoms with Crippen LogP contribution in [0.3, 0.4) is 0 Å². The Hall–Kier alpha value is -0.0800. The molecule has 0 aliphatic rings. The Morgan fingerprint density at radius 1 is 1.07 bits per heavy atom. The van der Waals surface area contributed by atoms with Gasteiger partial charge in [-0.3, -0.25) is 0 Å². The van der Waals surface area contributed by atoms with Crippen LogP contribution in [0, 0.1) is 5.92 Å². The molecule has 1 atom stereocenters. The van der Waals surface area contributed by atoms with Gasteiger partial charge in [0, 0.05) is 18.1 Å². The Kier molecular flexibility index (Phi) is 6.38. The molecule has 1 unspecified atom stereocenters. The van der Waals surface area contributed by atoms with Crippen LogP contribution < -0.4 is 10.6 Å². The summed E-state index contributed by atoms with van der Waals surface area (Å²) in [4.78, 5) is 0. The van der Waals surface area contributed by atoms with Crippen LogP contribution in [0.25, 0.3) is 0 Å². The van der Waals surface area contributed by atoms with Crippen molar-refractivity contribution in [3.8, 4) is 0 Å². The second-order valence-electron chi connectivity index (χ2n) is 5.55. The molecule has 0 aliphatic heterocycles. The molecule has 0 saturated heterocycles. The van der Waals surface area contributed by atoms with Gasteiger partial charge in [-0.2, -0.15) is 0 Å². The Balaban J connectivity index is 3.69. The van der Waals surface area contributed by atoms with E-state index in [1.807, 2.05) is 0 Å². The van der Waals surface area contributed by atoms with Gasteiger partial charge in [0.15, 0.2) is 0 Å². The van der Waals surface area contributed by atoms with Crippen LogP contribution in [0.15, 0.2) is 0 Å². The molecule has 0 bridgehead atoms. The smallest absolute Gasteiger partial charge is 0.0194 e. The summed E-state index contributed by atoms with van der Waals surface area (Å²) in [5.74, 6) is 0.738. The highest BCUT2D eigenvalue weighted by Crippen LogP contribution is 2.03. The van der Waals surface area contributed by atoms with Gasteiger partial charge >= 0.3 is 0 Å². The van der Waals surface area contributed by atoms with Crippen molar-refractivity contribution in [1.82, 2.24) is 10.6 Å². The molecule has 0 aromatic carbocycles. The fourth-order valence-corrected chi connectivity index (χ4v) is 1.46. The molecule has 0 radical (unpaired) electrons. The van der Waals surface area contributed by atoms with Gasteiger partial charge in [0.2, 0.25) is 0 Å². The topological polar surface area (TPSA) is 24.1 Å². The van der Waals surface area contributed by atoms with Crippen LogP contribution in [-0.2, 0) is 0 Å². The van der Waals surface area contributed by atoms with E-state index in [0.29, 0.717) is 6.04 Å². The van der Waals surface area contributed by atoms with Crippen LogP contribution in [0.5, 0.6) is 0 Å². The molecule has 0 spiro atoms. The van der Waals surface area contributed by atoms with Crippen molar-refractivity contribution in [3.63, 3.8) is 0 Å². The van der Waals surface area contributed by atoms with Crippen LogP contribution in [0.1, 0.15) is 48.0 Å². The summed E-state index contributed by atoms with van der Waals surface area (Å²) >= 11 is 0. The summed E-state index contributed by atoms with van der Waals surface area (Å²) in [6.07, 6.45) is 1.18. The van der Waals surface area contributed by atoms with Crippen molar-refractivity contribution >= 4 is 0 Å². The number of rotatable bonds is 6. The average molecular weight is 200 g/mol. The van der Waals surface area contributed by atoms with Crippen molar-refractivity contribution < 1.29 is 0 Å². The molecule has 86 valence electrons. The molecule has 14 heavy (non-hydrogen) atoms. The van der Waals surface area contributed by atoms with Gasteiger partial charge in [-0.25, -0.2) is 0 Å². The van der Waals surface area contributed by atoms with Crippen molar-refractivity contribution in [2.75, 3.05) is 13.1 Å². The number of hydrogen-bond acceptors (Lipinski definition) is 2. The monoisotopic (exact) mass is 200 g/mol. The third-order valence-electron chi connectivity index (χ3n) is 2.07. The lowest BCUT2D eigenvalue weighted by Crippen LogP contribution is -2.48. The molecular formula is C12H28N2. The van der Waals surface area contributed by atoms with Gasteiger partial charge in [-0.1, -0.05) is 20.8 Å². The zero-order valence-corrected chi connectivity index (χ0v) is 10.8. The van der Waals surface area contributed by atoms with Crippen LogP contribution in [-0.4, -0.2) is 24.7 Å². The zero-order chi connectivity index (χ0) is 11.2. The summed E-state index contributed by atoms with van der Waals surface area (Å²) in [6.45, 7) is 15.6. The largest absolute Gasteiger partial charge is 0.315 e. The fourth-order valence-electron chi connectivity index (χ4n) is 1.46. The maximum Gasteiger partial charge on any atom is 0.0194 e. The molecular weight excluding hydrogens is 172 g/mol. The van der Waals surface area contributed by atoms with Gasteiger partial charge in [0.1, 0.15) is 0 Å². The fraction of sp³-hybridized carbons (Fsp3) is 1.00. The minimum atomic E-state index is 0.222. The summed E-state index contributed by atoms with van der Waals surface area (Å²) in [5, 5.41) is 7.11. The molecule has 0 amide bonds. The van der Waals surface area contributed by atoms with E-state index >= 15 is 0 Å². The van der Waals surface area contributed by atoms with Gasteiger partial charge in [0.05, 0.1) is 0 Å². The van der Waals surface area contributed by atoms with Crippen molar-refractivity contribution in [2.24, 2.45) is 5.92 Å². The molecule has 0 rings (SSSR count). The lowest BCUT2D eigenvalue weighted by molar-refractivity contribution is 0.337. The molecule has 0 aromatic rings. The van der Waals surface area contributed by atoms with Gasteiger partial charge in [-0.05, 0) is 39.7 Å². The Morgan fingerprint density at radius 2 is 1.64 bits per heavy atom. The van der Waals surface area contributed by atoms with E-state index in [4.69, 9.17) is 0 Å². The molecule has 0 saturated carbocycles. The van der Waals surface area contributed by atoms with E-state index in [-0.39, 0.29) is 5.54 Å². The quantitative estimate of drug-likeness (QED) is 0.688. The molecule has 0 aliphatic carbocycles. The van der Waals surface area contributed by atoms with E-state index in [2.05, 4.69) is 52.2 Å². The Labute approximate surface area is 89.9 Å². The molecule has 0 aromatic heterocycles. The Bertz CT molecular complexity index is 136. The third-order valence-corrected chi connectivity index (χ3v) is 2.07. The SMILES string of the molecule is CCC(CNCC(C)C)NC(C)(C)C. The van der Waals surface area contributed by atoms with Crippen molar-refractivity contribution in [3.05, 3.63) is 0 Å². The minimum Gasteiger partial charge on any atom is -0.315 e. The first kappa shape index (κ1) is 13.9. The summed E-state index contributed by atoms with van der Waals surface area (Å²) in [5.41, 5.74) is 0.222. The second kappa shape index (κ2) is 6.41. The lowest BCUT2D eigenvalue weighted by Gasteiger charge is -2.28. The highest BCUT2D eigenvalue weighted by molar-refractivity contribution is 4.78. The normalized spacial score (nSPS) is 14.8. The summed E-state index contributed by atoms with van der Waals surface area (Å²) in [6, 6.07) is 0.591. The average Bonchev–Trinajstić information content (AvgIpc) is 1.99. The molecule has 2 heteroatoms. The van der Waals surface area contributed by atoms with E-state index in [0.717, 1.165) is 19.0 Å². The maximum atomic E-state index is 3.62. The third kappa shape index (κ3) is 8.52. The molecule has 0 fully saturated rings. The van der Waals surface area contributed by atoms with Gasteiger partial charge in [0.25, 0.3) is 0 Å². The van der Waals surface area contributed by atoms with Crippen LogP contribution >= 0.6 is 0 Å². The maximum absolute atomic E-state index is 3.62. The predicted molar refractivity (Wildman–Crippen MR) is 64.7 cm³/mol. The van der Waals surface area contributed by atoms with Gasteiger partial charge in [-0.15, -0.1) is 0 Å². The highest BCUT2D eigenvalue weighted by atomic mass is 15.0. The van der Waals surface area contributed by atoms with E-state index in [1.165, 1.54) is 6.42 Å². The van der Waals surface area contributed by atoms with Crippen LogP contribution in [0.4, 0.5) is 0 Å². The molecule has 0 heterocycles. The van der Waals surface area contributed by atoms with E-state index in [9.17, 15) is 0 Å². The highest BCUT2D eigenvalue weighted by Gasteiger charge is 2.15. The van der Waals surface area contributed by atoms with Crippen LogP contribution in [0.2, 0.25) is 0 Å². The first-order valence-electron chi connectivity index (χ1n) is 5.83. The van der Waals surface area contributed by atoms with Crippen molar-refractivity contribution in [1.29, 1.82) is 0 Å². The Morgan fingerprint density at radius 3 is 2.00 bits per heavy atom. The summed E-state index contributed by atoms with van der Waals surface area (Å²) < 4.78 is 0. The second-order valence-corrected chi connectivity index (χ2v) is 5.55. The predicted octanol–water partition coefficient (Wildman–Crippen LogP) is 2.40. The zero-order valence-electron chi connectivity index (χ0n) is 10.8. The van der Waals surface area contributed by atoms with Crippen molar-refractivity contribution in [2.45, 2.75) is 59.5 Å². The van der Waals surface area contributed by atoms with E-state index in [1.54, 1.807) is 0 Å². The first-order valence-corrected chi connectivity index (χ1v) is 5.83. The number of nitrogens with one attached hydrogen (secondary N) is 2. The molecule has 2 nitrogen and oxygen atoms in total.